The van der Waals surface area contributed by atoms with Crippen molar-refractivity contribution in [3.05, 3.63) is 119 Å². The Kier molecular flexibility index (Phi) is 11.4. The number of aromatic hydroxyl groups is 11. The van der Waals surface area contributed by atoms with E-state index >= 15 is 0 Å². The molecule has 6 aromatic carbocycles. The zero-order valence-corrected chi connectivity index (χ0v) is 30.7. The Hall–Kier alpha value is -9.53. The van der Waals surface area contributed by atoms with E-state index in [0.29, 0.717) is 48.5 Å². The molecule has 0 bridgehead atoms. The quantitative estimate of drug-likeness (QED) is 0.0511. The summed E-state index contributed by atoms with van der Waals surface area (Å²) in [6.07, 6.45) is 0. The summed E-state index contributed by atoms with van der Waals surface area (Å²) in [6.45, 7) is 0. The molecule has 0 radical (unpaired) electrons. The lowest BCUT2D eigenvalue weighted by molar-refractivity contribution is 0.0700. The number of hydrogen-bond acceptors (Lipinski definition) is 21. The minimum Gasteiger partial charge on any atom is -0.504 e. The van der Waals surface area contributed by atoms with Crippen molar-refractivity contribution >= 4 is 29.8 Å². The van der Waals surface area contributed by atoms with E-state index in [1.165, 1.54) is 12.1 Å². The van der Waals surface area contributed by atoms with Gasteiger partial charge in [-0.3, -0.25) is 0 Å². The van der Waals surface area contributed by atoms with Gasteiger partial charge in [0, 0.05) is 0 Å². The normalized spacial score (nSPS) is 10.6. The number of para-hydroxylation sites is 1. The maximum absolute atomic E-state index is 13.2. The van der Waals surface area contributed by atoms with Crippen molar-refractivity contribution in [2.45, 2.75) is 0 Å². The van der Waals surface area contributed by atoms with E-state index in [0.717, 1.165) is 12.1 Å². The van der Waals surface area contributed by atoms with E-state index in [2.05, 4.69) is 0 Å². The van der Waals surface area contributed by atoms with Gasteiger partial charge in [-0.1, -0.05) is 18.2 Å². The summed E-state index contributed by atoms with van der Waals surface area (Å²) in [5.41, 5.74) is -2.98. The number of rotatable bonds is 10. The molecule has 62 heavy (non-hydrogen) atoms. The van der Waals surface area contributed by atoms with Gasteiger partial charge < -0.3 is 79.9 Å². The maximum Gasteiger partial charge on any atom is 0.343 e. The first-order valence-electron chi connectivity index (χ1n) is 17.0. The molecular formula is C41H26O21. The lowest BCUT2D eigenvalue weighted by atomic mass is 10.1. The van der Waals surface area contributed by atoms with Gasteiger partial charge in [-0.15, -0.1) is 0 Å². The van der Waals surface area contributed by atoms with E-state index in [1.807, 2.05) is 0 Å². The molecule has 6 aromatic rings. The predicted molar refractivity (Wildman–Crippen MR) is 202 cm³/mol. The SMILES string of the molecule is O=C(Oc1ccccc1)c1cc(O)c(O)c(OC(=O)c2cc(O)c(O)c(OC(=O)c3cc(O)c(O)c(OC(=O)c4cc(O)c(O)c(OC(=O)c5cc(O)c(O)c(O)c5)c4)c3)c2)c1. The number of benzene rings is 6. The number of ether oxygens (including phenoxy) is 5. The Morgan fingerprint density at radius 3 is 0.790 bits per heavy atom. The van der Waals surface area contributed by atoms with Gasteiger partial charge in [0.1, 0.15) is 5.75 Å². The Balaban J connectivity index is 1.20. The van der Waals surface area contributed by atoms with E-state index in [9.17, 15) is 80.1 Å². The number of esters is 5. The maximum atomic E-state index is 13.2. The highest BCUT2D eigenvalue weighted by atomic mass is 16.6. The highest BCUT2D eigenvalue weighted by Gasteiger charge is 2.26. The zero-order valence-electron chi connectivity index (χ0n) is 30.7. The molecule has 21 heteroatoms. The molecule has 0 unspecified atom stereocenters. The van der Waals surface area contributed by atoms with Crippen LogP contribution in [0, 0.1) is 0 Å². The number of carbonyl (C=O) groups is 5. The van der Waals surface area contributed by atoms with E-state index in [-0.39, 0.29) is 11.3 Å². The molecule has 0 atom stereocenters. The first-order chi connectivity index (χ1) is 29.3. The van der Waals surface area contributed by atoms with Crippen LogP contribution in [0.2, 0.25) is 0 Å². The standard InChI is InChI=1S/C41H26O21/c42-22-6-16(7-23(43)32(22)48)38(54)59-29-13-18(9-25(45)34(29)50)40(56)61-31-15-20(11-27(47)36(31)52)41(57)62-30-14-19(10-26(46)35(30)51)39(55)60-28-12-17(8-24(44)33(28)49)37(53)58-21-4-2-1-3-5-21/h1-15,42-52H. The summed E-state index contributed by atoms with van der Waals surface area (Å²) in [5, 5.41) is 111. The number of carbonyl (C=O) groups excluding carboxylic acids is 5. The molecule has 0 saturated carbocycles. The van der Waals surface area contributed by atoms with Gasteiger partial charge in [0.15, 0.2) is 63.2 Å². The smallest absolute Gasteiger partial charge is 0.343 e. The van der Waals surface area contributed by atoms with Gasteiger partial charge in [-0.05, 0) is 72.8 Å². The predicted octanol–water partition coefficient (Wildman–Crippen LogP) is 4.54. The first kappa shape index (κ1) is 42.1. The van der Waals surface area contributed by atoms with Crippen LogP contribution in [0.3, 0.4) is 0 Å². The summed E-state index contributed by atoms with van der Waals surface area (Å²) in [5.74, 6) is -21.4. The van der Waals surface area contributed by atoms with Gasteiger partial charge >= 0.3 is 29.8 Å². The van der Waals surface area contributed by atoms with Gasteiger partial charge in [-0.25, -0.2) is 24.0 Å². The third-order valence-electron chi connectivity index (χ3n) is 8.23. The van der Waals surface area contributed by atoms with E-state index in [4.69, 9.17) is 23.7 Å². The molecule has 6 rings (SSSR count). The molecule has 21 nitrogen and oxygen atoms in total. The van der Waals surface area contributed by atoms with Crippen molar-refractivity contribution in [3.63, 3.8) is 0 Å². The van der Waals surface area contributed by atoms with Crippen LogP contribution >= 0.6 is 0 Å². The van der Waals surface area contributed by atoms with Crippen LogP contribution in [0.5, 0.6) is 92.0 Å². The third kappa shape index (κ3) is 8.80. The minimum absolute atomic E-state index is 0.122. The number of phenolic OH excluding ortho intramolecular Hbond substituents is 11. The van der Waals surface area contributed by atoms with Gasteiger partial charge in [-0.2, -0.15) is 0 Å². The van der Waals surface area contributed by atoms with Gasteiger partial charge in [0.05, 0.1) is 27.8 Å². The molecule has 0 aromatic heterocycles. The van der Waals surface area contributed by atoms with Crippen LogP contribution in [-0.4, -0.2) is 86.0 Å². The second kappa shape index (κ2) is 16.8. The van der Waals surface area contributed by atoms with Crippen LogP contribution in [0.15, 0.2) is 91.0 Å². The molecule has 0 aliphatic rings. The summed E-state index contributed by atoms with van der Waals surface area (Å²) in [7, 11) is 0. The zero-order chi connectivity index (χ0) is 45.2. The topological polar surface area (TPSA) is 354 Å². The Labute approximate surface area is 344 Å². The first-order valence-corrected chi connectivity index (χ1v) is 17.0. The number of phenols is 11. The van der Waals surface area contributed by atoms with Gasteiger partial charge in [0.2, 0.25) is 23.0 Å². The average Bonchev–Trinajstić information content (AvgIpc) is 3.23. The Morgan fingerprint density at radius 1 is 0.290 bits per heavy atom. The summed E-state index contributed by atoms with van der Waals surface area (Å²) in [6, 6.07) is 14.6. The van der Waals surface area contributed by atoms with Crippen LogP contribution in [-0.2, 0) is 0 Å². The number of hydrogen-bond donors (Lipinski definition) is 11. The van der Waals surface area contributed by atoms with Crippen molar-refractivity contribution in [3.8, 4) is 92.0 Å². The van der Waals surface area contributed by atoms with Crippen molar-refractivity contribution in [1.29, 1.82) is 0 Å². The highest BCUT2D eigenvalue weighted by molar-refractivity contribution is 5.98. The molecule has 11 N–H and O–H groups in total. The van der Waals surface area contributed by atoms with E-state index < -0.39 is 138 Å². The molecule has 0 aliphatic heterocycles. The molecule has 0 aliphatic carbocycles. The Morgan fingerprint density at radius 2 is 0.516 bits per heavy atom. The van der Waals surface area contributed by atoms with Crippen molar-refractivity contribution < 1.29 is 104 Å². The van der Waals surface area contributed by atoms with Gasteiger partial charge in [0.25, 0.3) is 0 Å². The summed E-state index contributed by atoms with van der Waals surface area (Å²) >= 11 is 0. The van der Waals surface area contributed by atoms with Crippen LogP contribution < -0.4 is 23.7 Å². The summed E-state index contributed by atoms with van der Waals surface area (Å²) in [4.78, 5) is 64.8. The molecule has 0 saturated heterocycles. The van der Waals surface area contributed by atoms with Crippen LogP contribution in [0.1, 0.15) is 51.8 Å². The van der Waals surface area contributed by atoms with Crippen LogP contribution in [0.4, 0.5) is 0 Å². The molecular weight excluding hydrogens is 828 g/mol. The molecule has 0 spiro atoms. The molecule has 316 valence electrons. The fourth-order valence-corrected chi connectivity index (χ4v) is 5.17. The van der Waals surface area contributed by atoms with Crippen LogP contribution in [0.25, 0.3) is 0 Å². The average molecular weight is 855 g/mol. The molecule has 0 fully saturated rings. The molecule has 0 amide bonds. The second-order valence-corrected chi connectivity index (χ2v) is 12.5. The molecule has 0 heterocycles. The van der Waals surface area contributed by atoms with Crippen molar-refractivity contribution in [2.75, 3.05) is 0 Å². The lowest BCUT2D eigenvalue weighted by Gasteiger charge is -2.13. The fourth-order valence-electron chi connectivity index (χ4n) is 5.17. The summed E-state index contributed by atoms with van der Waals surface area (Å²) < 4.78 is 25.4. The second-order valence-electron chi connectivity index (χ2n) is 12.5. The highest BCUT2D eigenvalue weighted by Crippen LogP contribution is 2.43. The monoisotopic (exact) mass is 854 g/mol. The minimum atomic E-state index is -1.49. The van der Waals surface area contributed by atoms with E-state index in [1.54, 1.807) is 18.2 Å². The lowest BCUT2D eigenvalue weighted by Crippen LogP contribution is -2.13. The third-order valence-corrected chi connectivity index (χ3v) is 8.23. The van der Waals surface area contributed by atoms with Crippen molar-refractivity contribution in [2.24, 2.45) is 0 Å². The van der Waals surface area contributed by atoms with Crippen molar-refractivity contribution in [1.82, 2.24) is 0 Å². The fraction of sp³-hybridized carbons (Fsp3) is 0. The Bertz CT molecular complexity index is 2810. The largest absolute Gasteiger partial charge is 0.504 e.